The fourth-order valence-corrected chi connectivity index (χ4v) is 3.24. The van der Waals surface area contributed by atoms with Crippen molar-refractivity contribution in [1.29, 1.82) is 0 Å². The highest BCUT2D eigenvalue weighted by Gasteiger charge is 2.39. The quantitative estimate of drug-likeness (QED) is 0.807. The molecule has 1 N–H and O–H groups in total. The predicted octanol–water partition coefficient (Wildman–Crippen LogP) is 2.46. The van der Waals surface area contributed by atoms with Crippen LogP contribution < -0.4 is 5.32 Å². The lowest BCUT2D eigenvalue weighted by atomic mass is 9.97. The molecule has 1 unspecified atom stereocenters. The maximum atomic E-state index is 12.6. The van der Waals surface area contributed by atoms with E-state index in [1.807, 2.05) is 27.8 Å². The van der Waals surface area contributed by atoms with Crippen LogP contribution in [0.5, 0.6) is 0 Å². The van der Waals surface area contributed by atoms with Crippen LogP contribution >= 0.6 is 0 Å². The van der Waals surface area contributed by atoms with Gasteiger partial charge < -0.3 is 14.8 Å². The average Bonchev–Trinajstić information content (AvgIpc) is 2.97. The third kappa shape index (κ3) is 5.09. The van der Waals surface area contributed by atoms with E-state index in [4.69, 9.17) is 9.47 Å². The summed E-state index contributed by atoms with van der Waals surface area (Å²) in [4.78, 5) is 26.6. The number of rotatable bonds is 3. The Hall–Kier alpha value is -1.30. The van der Waals surface area contributed by atoms with Crippen LogP contribution in [0.3, 0.4) is 0 Å². The van der Waals surface area contributed by atoms with Crippen molar-refractivity contribution in [3.63, 3.8) is 0 Å². The highest BCUT2D eigenvalue weighted by atomic mass is 16.6. The molecule has 1 aliphatic carbocycles. The minimum atomic E-state index is -0.573. The number of nitrogens with zero attached hydrogens (tertiary/aromatic N) is 1. The number of hydrogen-bond acceptors (Lipinski definition) is 5. The summed E-state index contributed by atoms with van der Waals surface area (Å²) in [5, 5.41) is 3.20. The predicted molar refractivity (Wildman–Crippen MR) is 87.2 cm³/mol. The number of carbonyl (C=O) groups is 2. The minimum absolute atomic E-state index is 0.0120. The molecule has 1 amide bonds. The second-order valence-corrected chi connectivity index (χ2v) is 7.54. The summed E-state index contributed by atoms with van der Waals surface area (Å²) < 4.78 is 11.1. The Kier molecular flexibility index (Phi) is 5.89. The highest BCUT2D eigenvalue weighted by Crippen LogP contribution is 2.25. The molecule has 1 aliphatic heterocycles. The van der Waals surface area contributed by atoms with Crippen molar-refractivity contribution >= 4 is 12.1 Å². The standard InChI is InChI=1S/C17H30N2O4/c1-17(2,3)23-16(21)19-10-9-12(18-4)11-14(19)15(20)22-13-7-5-6-8-13/h12-14,18H,5-11H2,1-4H3/t12?,14-/m1/s1. The number of esters is 1. The number of amides is 1. The summed E-state index contributed by atoms with van der Waals surface area (Å²) >= 11 is 0. The third-order valence-corrected chi connectivity index (χ3v) is 4.50. The number of nitrogens with one attached hydrogen (secondary N) is 1. The highest BCUT2D eigenvalue weighted by molar-refractivity contribution is 5.82. The number of piperidine rings is 1. The van der Waals surface area contributed by atoms with E-state index in [0.717, 1.165) is 32.1 Å². The third-order valence-electron chi connectivity index (χ3n) is 4.50. The van der Waals surface area contributed by atoms with Gasteiger partial charge in [-0.1, -0.05) is 0 Å². The SMILES string of the molecule is CNC1CCN(C(=O)OC(C)(C)C)[C@@H](C(=O)OC2CCCC2)C1. The van der Waals surface area contributed by atoms with Gasteiger partial charge in [0.25, 0.3) is 0 Å². The maximum Gasteiger partial charge on any atom is 0.411 e. The fourth-order valence-electron chi connectivity index (χ4n) is 3.24. The van der Waals surface area contributed by atoms with Crippen LogP contribution in [0, 0.1) is 0 Å². The second-order valence-electron chi connectivity index (χ2n) is 7.54. The lowest BCUT2D eigenvalue weighted by Crippen LogP contribution is -2.55. The molecule has 2 rings (SSSR count). The summed E-state index contributed by atoms with van der Waals surface area (Å²) in [6.07, 6.45) is 5.04. The molecule has 0 radical (unpaired) electrons. The summed E-state index contributed by atoms with van der Waals surface area (Å²) in [6, 6.07) is -0.341. The van der Waals surface area contributed by atoms with E-state index in [2.05, 4.69) is 5.32 Å². The Labute approximate surface area is 138 Å². The van der Waals surface area contributed by atoms with Gasteiger partial charge in [-0.05, 0) is 66.3 Å². The Balaban J connectivity index is 2.04. The van der Waals surface area contributed by atoms with E-state index in [1.165, 1.54) is 4.90 Å². The lowest BCUT2D eigenvalue weighted by molar-refractivity contribution is -0.156. The van der Waals surface area contributed by atoms with Crippen LogP contribution in [0.4, 0.5) is 4.79 Å². The van der Waals surface area contributed by atoms with Crippen LogP contribution in [0.25, 0.3) is 0 Å². The molecule has 0 aromatic heterocycles. The molecule has 6 heteroatoms. The molecule has 0 aromatic carbocycles. The van der Waals surface area contributed by atoms with Gasteiger partial charge in [0.2, 0.25) is 0 Å². The van der Waals surface area contributed by atoms with E-state index in [1.54, 1.807) is 0 Å². The van der Waals surface area contributed by atoms with E-state index >= 15 is 0 Å². The summed E-state index contributed by atoms with van der Waals surface area (Å²) in [6.45, 7) is 6.00. The molecule has 1 heterocycles. The van der Waals surface area contributed by atoms with Crippen molar-refractivity contribution in [1.82, 2.24) is 10.2 Å². The Bertz CT molecular complexity index is 427. The lowest BCUT2D eigenvalue weighted by Gasteiger charge is -2.38. The molecular formula is C17H30N2O4. The van der Waals surface area contributed by atoms with Gasteiger partial charge in [0, 0.05) is 12.6 Å². The zero-order chi connectivity index (χ0) is 17.0. The van der Waals surface area contributed by atoms with Crippen molar-refractivity contribution in [2.75, 3.05) is 13.6 Å². The molecular weight excluding hydrogens is 296 g/mol. The fraction of sp³-hybridized carbons (Fsp3) is 0.882. The zero-order valence-corrected chi connectivity index (χ0v) is 14.8. The molecule has 6 nitrogen and oxygen atoms in total. The topological polar surface area (TPSA) is 67.9 Å². The molecule has 1 saturated heterocycles. The van der Waals surface area contributed by atoms with Crippen LogP contribution in [-0.2, 0) is 14.3 Å². The molecule has 2 fully saturated rings. The van der Waals surface area contributed by atoms with E-state index in [0.29, 0.717) is 13.0 Å². The van der Waals surface area contributed by atoms with Crippen molar-refractivity contribution in [3.05, 3.63) is 0 Å². The average molecular weight is 326 g/mol. The second kappa shape index (κ2) is 7.51. The van der Waals surface area contributed by atoms with Gasteiger partial charge in [-0.25, -0.2) is 9.59 Å². The maximum absolute atomic E-state index is 12.6. The summed E-state index contributed by atoms with van der Waals surface area (Å²) in [5.74, 6) is -0.289. The molecule has 2 atom stereocenters. The van der Waals surface area contributed by atoms with Gasteiger partial charge >= 0.3 is 12.1 Å². The van der Waals surface area contributed by atoms with Crippen molar-refractivity contribution in [3.8, 4) is 0 Å². The normalized spacial score (nSPS) is 26.2. The van der Waals surface area contributed by atoms with Crippen LogP contribution in [0.15, 0.2) is 0 Å². The first-order valence-electron chi connectivity index (χ1n) is 8.67. The Morgan fingerprint density at radius 2 is 1.78 bits per heavy atom. The van der Waals surface area contributed by atoms with Gasteiger partial charge in [-0.3, -0.25) is 4.90 Å². The molecule has 1 saturated carbocycles. The molecule has 23 heavy (non-hydrogen) atoms. The monoisotopic (exact) mass is 326 g/mol. The molecule has 2 aliphatic rings. The van der Waals surface area contributed by atoms with Gasteiger partial charge in [-0.15, -0.1) is 0 Å². The van der Waals surface area contributed by atoms with Gasteiger partial charge in [0.15, 0.2) is 0 Å². The van der Waals surface area contributed by atoms with Gasteiger partial charge in [-0.2, -0.15) is 0 Å². The van der Waals surface area contributed by atoms with Crippen molar-refractivity contribution in [2.24, 2.45) is 0 Å². The minimum Gasteiger partial charge on any atom is -0.461 e. The first-order valence-corrected chi connectivity index (χ1v) is 8.67. The largest absolute Gasteiger partial charge is 0.461 e. The summed E-state index contributed by atoms with van der Waals surface area (Å²) in [7, 11) is 1.88. The molecule has 0 bridgehead atoms. The van der Waals surface area contributed by atoms with Gasteiger partial charge in [0.1, 0.15) is 17.7 Å². The number of ether oxygens (including phenoxy) is 2. The van der Waals surface area contributed by atoms with E-state index in [9.17, 15) is 9.59 Å². The van der Waals surface area contributed by atoms with Crippen molar-refractivity contribution in [2.45, 2.75) is 83.1 Å². The van der Waals surface area contributed by atoms with Crippen LogP contribution in [0.2, 0.25) is 0 Å². The van der Waals surface area contributed by atoms with Crippen molar-refractivity contribution < 1.29 is 19.1 Å². The number of hydrogen-bond donors (Lipinski definition) is 1. The first-order chi connectivity index (χ1) is 10.8. The molecule has 0 spiro atoms. The Morgan fingerprint density at radius 1 is 1.13 bits per heavy atom. The molecule has 132 valence electrons. The van der Waals surface area contributed by atoms with Crippen LogP contribution in [-0.4, -0.2) is 54.3 Å². The first kappa shape index (κ1) is 18.0. The van der Waals surface area contributed by atoms with Gasteiger partial charge in [0.05, 0.1) is 0 Å². The zero-order valence-electron chi connectivity index (χ0n) is 14.8. The Morgan fingerprint density at radius 3 is 2.35 bits per heavy atom. The van der Waals surface area contributed by atoms with E-state index in [-0.39, 0.29) is 18.1 Å². The number of carbonyl (C=O) groups excluding carboxylic acids is 2. The number of likely N-dealkylation sites (tertiary alicyclic amines) is 1. The smallest absolute Gasteiger partial charge is 0.411 e. The van der Waals surface area contributed by atoms with E-state index < -0.39 is 17.7 Å². The molecule has 0 aromatic rings. The van der Waals surface area contributed by atoms with Crippen LogP contribution in [0.1, 0.15) is 59.3 Å². The summed E-state index contributed by atoms with van der Waals surface area (Å²) in [5.41, 5.74) is -0.573.